The molecular weight excluding hydrogens is 524 g/mol. The van der Waals surface area contributed by atoms with Gasteiger partial charge in [0.05, 0.1) is 22.9 Å². The molecule has 4 heterocycles. The first-order valence-corrected chi connectivity index (χ1v) is 12.4. The Morgan fingerprint density at radius 1 is 1.24 bits per heavy atom. The number of hydrogen-bond donors (Lipinski definition) is 0. The highest BCUT2D eigenvalue weighted by atomic mass is 79.9. The number of allylic oxidation sites excluding steroid dienone is 1. The molecule has 9 heteroatoms. The molecule has 166 valence electrons. The van der Waals surface area contributed by atoms with Crippen molar-refractivity contribution in [1.82, 2.24) is 4.57 Å². The van der Waals surface area contributed by atoms with Crippen LogP contribution in [0.25, 0.3) is 17.4 Å². The number of ether oxygens (including phenoxy) is 1. The van der Waals surface area contributed by atoms with Crippen molar-refractivity contribution in [3.8, 4) is 11.3 Å². The minimum absolute atomic E-state index is 0.230. The summed E-state index contributed by atoms with van der Waals surface area (Å²) in [5.41, 5.74) is 1.62. The van der Waals surface area contributed by atoms with Crippen LogP contribution in [-0.4, -0.2) is 17.6 Å². The van der Waals surface area contributed by atoms with E-state index in [2.05, 4.69) is 20.9 Å². The van der Waals surface area contributed by atoms with Gasteiger partial charge in [-0.05, 0) is 42.6 Å². The molecule has 1 aromatic carbocycles. The number of hydrogen-bond acceptors (Lipinski definition) is 7. The van der Waals surface area contributed by atoms with Crippen LogP contribution in [0.3, 0.4) is 0 Å². The maximum atomic E-state index is 13.5. The highest BCUT2D eigenvalue weighted by Crippen LogP contribution is 2.33. The Kier molecular flexibility index (Phi) is 5.77. The molecule has 0 amide bonds. The third-order valence-corrected chi connectivity index (χ3v) is 7.65. The number of rotatable bonds is 4. The van der Waals surface area contributed by atoms with Gasteiger partial charge in [0.15, 0.2) is 4.80 Å². The number of carbonyl (C=O) groups is 1. The molecule has 6 nitrogen and oxygen atoms in total. The molecule has 0 radical (unpaired) electrons. The van der Waals surface area contributed by atoms with Gasteiger partial charge in [-0.1, -0.05) is 45.5 Å². The average molecular weight is 541 g/mol. The van der Waals surface area contributed by atoms with Crippen molar-refractivity contribution in [3.05, 3.63) is 100.0 Å². The number of fused-ring (bicyclic) bond motifs is 1. The quantitative estimate of drug-likeness (QED) is 0.357. The summed E-state index contributed by atoms with van der Waals surface area (Å²) in [5.74, 6) is 0.774. The smallest absolute Gasteiger partial charge is 0.338 e. The van der Waals surface area contributed by atoms with Gasteiger partial charge >= 0.3 is 5.97 Å². The lowest BCUT2D eigenvalue weighted by molar-refractivity contribution is -0.136. The number of aromatic nitrogens is 1. The number of methoxy groups -OCH3 is 1. The zero-order valence-corrected chi connectivity index (χ0v) is 20.8. The van der Waals surface area contributed by atoms with Gasteiger partial charge in [0.25, 0.3) is 5.56 Å². The van der Waals surface area contributed by atoms with Gasteiger partial charge in [0.1, 0.15) is 17.6 Å². The number of esters is 1. The Bertz CT molecular complexity index is 1570. The summed E-state index contributed by atoms with van der Waals surface area (Å²) in [7, 11) is 1.33. The molecule has 0 saturated heterocycles. The normalized spacial score (nSPS) is 16.0. The number of carbonyl (C=O) groups excluding carboxylic acids is 1. The summed E-state index contributed by atoms with van der Waals surface area (Å²) >= 11 is 6.22. The van der Waals surface area contributed by atoms with Crippen molar-refractivity contribution in [2.45, 2.75) is 13.0 Å². The first-order chi connectivity index (χ1) is 16.0. The van der Waals surface area contributed by atoms with Crippen molar-refractivity contribution in [3.63, 3.8) is 0 Å². The van der Waals surface area contributed by atoms with Crippen molar-refractivity contribution >= 4 is 50.6 Å². The molecule has 3 aromatic heterocycles. The number of thiazole rings is 1. The van der Waals surface area contributed by atoms with Crippen LogP contribution in [0.2, 0.25) is 0 Å². The van der Waals surface area contributed by atoms with Gasteiger partial charge < -0.3 is 9.15 Å². The van der Waals surface area contributed by atoms with Gasteiger partial charge in [-0.25, -0.2) is 9.79 Å². The van der Waals surface area contributed by atoms with Gasteiger partial charge in [0, 0.05) is 21.0 Å². The van der Waals surface area contributed by atoms with Crippen LogP contribution in [-0.2, 0) is 9.53 Å². The van der Waals surface area contributed by atoms with Crippen molar-refractivity contribution < 1.29 is 13.9 Å². The Morgan fingerprint density at radius 3 is 2.82 bits per heavy atom. The standard InChI is InChI=1S/C24H17BrN2O4S2/c1-13-20(23(29)30-2)21(18-7-4-10-32-18)27-22(28)19(33-24(27)26-13)12-16-8-9-17(31-16)14-5-3-6-15(25)11-14/h3-12,21H,1-2H3/b19-12+/t21-/m1/s1. The molecule has 1 aliphatic heterocycles. The minimum Gasteiger partial charge on any atom is -0.466 e. The average Bonchev–Trinajstić information content (AvgIpc) is 3.55. The molecule has 0 N–H and O–H groups in total. The van der Waals surface area contributed by atoms with Crippen LogP contribution in [0.1, 0.15) is 23.6 Å². The number of furan rings is 1. The first-order valence-electron chi connectivity index (χ1n) is 9.96. The van der Waals surface area contributed by atoms with Crippen molar-refractivity contribution in [2.75, 3.05) is 7.11 Å². The molecule has 1 atom stereocenters. The van der Waals surface area contributed by atoms with Crippen LogP contribution >= 0.6 is 38.6 Å². The number of thiophene rings is 1. The monoisotopic (exact) mass is 540 g/mol. The molecular formula is C24H17BrN2O4S2. The van der Waals surface area contributed by atoms with Gasteiger partial charge in [0.2, 0.25) is 0 Å². The SMILES string of the molecule is COC(=O)C1=C(C)N=c2s/c(=C/c3ccc(-c4cccc(Br)c4)o3)c(=O)n2[C@@H]1c1cccs1. The van der Waals surface area contributed by atoms with Crippen LogP contribution < -0.4 is 14.9 Å². The molecule has 0 unspecified atom stereocenters. The molecule has 0 bridgehead atoms. The van der Waals surface area contributed by atoms with Gasteiger partial charge in [-0.2, -0.15) is 0 Å². The molecule has 4 aromatic rings. The maximum Gasteiger partial charge on any atom is 0.338 e. The molecule has 5 rings (SSSR count). The lowest BCUT2D eigenvalue weighted by Crippen LogP contribution is -2.39. The molecule has 0 aliphatic carbocycles. The Morgan fingerprint density at radius 2 is 2.09 bits per heavy atom. The molecule has 0 saturated carbocycles. The maximum absolute atomic E-state index is 13.5. The summed E-state index contributed by atoms with van der Waals surface area (Å²) in [6, 6.07) is 14.7. The lowest BCUT2D eigenvalue weighted by Gasteiger charge is -2.22. The fourth-order valence-electron chi connectivity index (χ4n) is 3.77. The van der Waals surface area contributed by atoms with Crippen molar-refractivity contribution in [1.29, 1.82) is 0 Å². The third-order valence-electron chi connectivity index (χ3n) is 5.25. The highest BCUT2D eigenvalue weighted by molar-refractivity contribution is 9.10. The second kappa shape index (κ2) is 8.74. The van der Waals surface area contributed by atoms with E-state index in [4.69, 9.17) is 9.15 Å². The number of halogens is 1. The summed E-state index contributed by atoms with van der Waals surface area (Å²) in [5, 5.41) is 1.92. The van der Waals surface area contributed by atoms with Crippen LogP contribution in [0.5, 0.6) is 0 Å². The van der Waals surface area contributed by atoms with E-state index >= 15 is 0 Å². The Hall–Kier alpha value is -3.01. The van der Waals surface area contributed by atoms with Crippen LogP contribution in [0.4, 0.5) is 0 Å². The second-order valence-electron chi connectivity index (χ2n) is 7.30. The van der Waals surface area contributed by atoms with E-state index in [-0.39, 0.29) is 5.56 Å². The summed E-state index contributed by atoms with van der Waals surface area (Å²) in [6.45, 7) is 1.76. The summed E-state index contributed by atoms with van der Waals surface area (Å²) in [6.07, 6.45) is 1.72. The zero-order chi connectivity index (χ0) is 23.1. The molecule has 1 aliphatic rings. The number of benzene rings is 1. The van der Waals surface area contributed by atoms with Crippen LogP contribution in [0.15, 0.2) is 83.9 Å². The van der Waals surface area contributed by atoms with Crippen molar-refractivity contribution in [2.24, 2.45) is 4.99 Å². The largest absolute Gasteiger partial charge is 0.466 e. The number of nitrogens with zero attached hydrogens (tertiary/aromatic N) is 2. The molecule has 0 fully saturated rings. The van der Waals surface area contributed by atoms with E-state index in [9.17, 15) is 9.59 Å². The Balaban J connectivity index is 1.63. The topological polar surface area (TPSA) is 73.8 Å². The van der Waals surface area contributed by atoms with Gasteiger partial charge in [-0.15, -0.1) is 11.3 Å². The summed E-state index contributed by atoms with van der Waals surface area (Å²) in [4.78, 5) is 32.0. The molecule has 0 spiro atoms. The van der Waals surface area contributed by atoms with E-state index in [1.54, 1.807) is 17.6 Å². The van der Waals surface area contributed by atoms with E-state index < -0.39 is 12.0 Å². The minimum atomic E-state index is -0.579. The molecule has 33 heavy (non-hydrogen) atoms. The van der Waals surface area contributed by atoms with Crippen LogP contribution in [0, 0.1) is 0 Å². The second-order valence-corrected chi connectivity index (χ2v) is 10.2. The predicted molar refractivity (Wildman–Crippen MR) is 132 cm³/mol. The highest BCUT2D eigenvalue weighted by Gasteiger charge is 2.33. The fourth-order valence-corrected chi connectivity index (χ4v) is 6.01. The Labute approximate surface area is 204 Å². The lowest BCUT2D eigenvalue weighted by atomic mass is 10.0. The van der Waals surface area contributed by atoms with E-state index in [0.717, 1.165) is 14.9 Å². The zero-order valence-electron chi connectivity index (χ0n) is 17.6. The van der Waals surface area contributed by atoms with E-state index in [0.29, 0.717) is 32.1 Å². The summed E-state index contributed by atoms with van der Waals surface area (Å²) < 4.78 is 14.0. The van der Waals surface area contributed by atoms with Gasteiger partial charge in [-0.3, -0.25) is 9.36 Å². The van der Waals surface area contributed by atoms with E-state index in [1.165, 1.54) is 29.8 Å². The third kappa shape index (κ3) is 3.96. The first kappa shape index (κ1) is 21.8. The van der Waals surface area contributed by atoms with E-state index in [1.807, 2.05) is 53.9 Å². The fraction of sp³-hybridized carbons (Fsp3) is 0.125. The predicted octanol–water partition coefficient (Wildman–Crippen LogP) is 4.49.